The molecule has 0 unspecified atom stereocenters. The van der Waals surface area contributed by atoms with Crippen molar-refractivity contribution in [3.8, 4) is 0 Å². The smallest absolute Gasteiger partial charge is 0.401 e. The summed E-state index contributed by atoms with van der Waals surface area (Å²) in [6.07, 6.45) is -2.54. The molecule has 1 aromatic heterocycles. The van der Waals surface area contributed by atoms with E-state index < -0.39 is 25.2 Å². The number of carboxylic acid groups (broad SMARTS) is 1. The van der Waals surface area contributed by atoms with Crippen molar-refractivity contribution >= 4 is 5.97 Å². The van der Waals surface area contributed by atoms with Crippen LogP contribution in [-0.4, -0.2) is 51.6 Å². The Labute approximate surface area is 102 Å². The predicted molar refractivity (Wildman–Crippen MR) is 57.0 cm³/mol. The second-order valence-corrected chi connectivity index (χ2v) is 3.92. The summed E-state index contributed by atoms with van der Waals surface area (Å²) in [7, 11) is 1.68. The van der Waals surface area contributed by atoms with E-state index in [0.717, 1.165) is 10.6 Å². The Balaban J connectivity index is 2.56. The highest BCUT2D eigenvalue weighted by Gasteiger charge is 2.31. The largest absolute Gasteiger partial charge is 0.480 e. The topological polar surface area (TPSA) is 58.4 Å². The first-order chi connectivity index (χ1) is 8.28. The number of halogens is 3. The van der Waals surface area contributed by atoms with Gasteiger partial charge in [0.2, 0.25) is 0 Å². The molecule has 0 saturated carbocycles. The van der Waals surface area contributed by atoms with Gasteiger partial charge < -0.3 is 5.11 Å². The fourth-order valence-electron chi connectivity index (χ4n) is 1.58. The van der Waals surface area contributed by atoms with Gasteiger partial charge in [-0.15, -0.1) is 0 Å². The third-order valence-corrected chi connectivity index (χ3v) is 2.37. The van der Waals surface area contributed by atoms with Crippen LogP contribution in [0.15, 0.2) is 12.3 Å². The highest BCUT2D eigenvalue weighted by Crippen LogP contribution is 2.16. The number of aromatic nitrogens is 2. The third kappa shape index (κ3) is 5.17. The molecule has 0 aromatic carbocycles. The molecule has 102 valence electrons. The zero-order chi connectivity index (χ0) is 13.8. The van der Waals surface area contributed by atoms with Crippen LogP contribution < -0.4 is 0 Å². The van der Waals surface area contributed by atoms with E-state index in [4.69, 9.17) is 5.11 Å². The Kier molecular flexibility index (Phi) is 4.71. The molecule has 0 radical (unpaired) electrons. The Morgan fingerprint density at radius 3 is 2.67 bits per heavy atom. The maximum absolute atomic E-state index is 12.2. The molecular weight excluding hydrogens is 251 g/mol. The van der Waals surface area contributed by atoms with Crippen molar-refractivity contribution in [2.45, 2.75) is 12.6 Å². The van der Waals surface area contributed by atoms with Gasteiger partial charge in [0, 0.05) is 31.9 Å². The number of nitrogens with zero attached hydrogens (tertiary/aromatic N) is 3. The van der Waals surface area contributed by atoms with Crippen molar-refractivity contribution in [2.75, 3.05) is 19.6 Å². The lowest BCUT2D eigenvalue weighted by Gasteiger charge is -2.21. The van der Waals surface area contributed by atoms with Gasteiger partial charge in [-0.25, -0.2) is 0 Å². The lowest BCUT2D eigenvalue weighted by molar-refractivity contribution is -0.153. The molecule has 1 N–H and O–H groups in total. The van der Waals surface area contributed by atoms with E-state index in [0.29, 0.717) is 6.42 Å². The summed E-state index contributed by atoms with van der Waals surface area (Å²) in [5.41, 5.74) is 0.757. The van der Waals surface area contributed by atoms with Gasteiger partial charge in [-0.2, -0.15) is 18.3 Å². The first-order valence-electron chi connectivity index (χ1n) is 5.26. The minimum Gasteiger partial charge on any atom is -0.480 e. The predicted octanol–water partition coefficient (Wildman–Crippen LogP) is 0.911. The number of carbonyl (C=O) groups is 1. The summed E-state index contributed by atoms with van der Waals surface area (Å²) in [6.45, 7) is -1.83. The molecule has 0 bridgehead atoms. The molecule has 0 atom stereocenters. The van der Waals surface area contributed by atoms with Crippen LogP contribution in [-0.2, 0) is 18.3 Å². The molecule has 0 amide bonds. The monoisotopic (exact) mass is 265 g/mol. The van der Waals surface area contributed by atoms with Gasteiger partial charge in [0.15, 0.2) is 0 Å². The van der Waals surface area contributed by atoms with Gasteiger partial charge in [-0.05, 0) is 6.07 Å². The van der Waals surface area contributed by atoms with Crippen molar-refractivity contribution in [3.05, 3.63) is 18.0 Å². The molecule has 0 fully saturated rings. The Morgan fingerprint density at radius 1 is 1.56 bits per heavy atom. The summed E-state index contributed by atoms with van der Waals surface area (Å²) in [5, 5.41) is 12.5. The van der Waals surface area contributed by atoms with Crippen LogP contribution in [0.5, 0.6) is 0 Å². The average Bonchev–Trinajstić information content (AvgIpc) is 2.57. The molecule has 0 saturated heterocycles. The standard InChI is InChI=1S/C10H14F3N3O2/c1-15-8(2-4-14-15)3-5-16(6-9(17)18)7-10(11,12)13/h2,4H,3,5-7H2,1H3,(H,17,18). The molecule has 0 aliphatic rings. The van der Waals surface area contributed by atoms with Gasteiger partial charge >= 0.3 is 12.1 Å². The highest BCUT2D eigenvalue weighted by molar-refractivity contribution is 5.69. The molecule has 1 rings (SSSR count). The fraction of sp³-hybridized carbons (Fsp3) is 0.600. The van der Waals surface area contributed by atoms with E-state index in [1.807, 2.05) is 0 Å². The second-order valence-electron chi connectivity index (χ2n) is 3.92. The first kappa shape index (κ1) is 14.5. The van der Waals surface area contributed by atoms with Crippen LogP contribution in [0.2, 0.25) is 0 Å². The zero-order valence-electron chi connectivity index (χ0n) is 9.81. The van der Waals surface area contributed by atoms with Crippen molar-refractivity contribution < 1.29 is 23.1 Å². The fourth-order valence-corrected chi connectivity index (χ4v) is 1.58. The van der Waals surface area contributed by atoms with E-state index in [1.54, 1.807) is 24.0 Å². The third-order valence-electron chi connectivity index (χ3n) is 2.37. The maximum atomic E-state index is 12.2. The van der Waals surface area contributed by atoms with Gasteiger partial charge in [-0.1, -0.05) is 0 Å². The summed E-state index contributed by atoms with van der Waals surface area (Å²) in [6, 6.07) is 1.69. The van der Waals surface area contributed by atoms with Crippen molar-refractivity contribution in [1.82, 2.24) is 14.7 Å². The molecule has 18 heavy (non-hydrogen) atoms. The Morgan fingerprint density at radius 2 is 2.22 bits per heavy atom. The number of alkyl halides is 3. The van der Waals surface area contributed by atoms with Crippen LogP contribution in [0.4, 0.5) is 13.2 Å². The minimum atomic E-state index is -4.40. The molecule has 0 aliphatic carbocycles. The molecule has 8 heteroatoms. The summed E-state index contributed by atoms with van der Waals surface area (Å²) < 4.78 is 38.3. The van der Waals surface area contributed by atoms with Crippen LogP contribution in [0.3, 0.4) is 0 Å². The first-order valence-corrected chi connectivity index (χ1v) is 5.26. The van der Waals surface area contributed by atoms with E-state index in [-0.39, 0.29) is 6.54 Å². The maximum Gasteiger partial charge on any atom is 0.401 e. The van der Waals surface area contributed by atoms with E-state index >= 15 is 0 Å². The number of aliphatic carboxylic acids is 1. The van der Waals surface area contributed by atoms with E-state index in [2.05, 4.69) is 5.10 Å². The van der Waals surface area contributed by atoms with Crippen LogP contribution in [0.1, 0.15) is 5.69 Å². The number of hydrogen-bond donors (Lipinski definition) is 1. The zero-order valence-corrected chi connectivity index (χ0v) is 9.81. The quantitative estimate of drug-likeness (QED) is 0.830. The lowest BCUT2D eigenvalue weighted by Crippen LogP contribution is -2.39. The molecule has 1 heterocycles. The van der Waals surface area contributed by atoms with Crippen LogP contribution in [0.25, 0.3) is 0 Å². The van der Waals surface area contributed by atoms with Gasteiger partial charge in [0.25, 0.3) is 0 Å². The lowest BCUT2D eigenvalue weighted by atomic mass is 10.3. The highest BCUT2D eigenvalue weighted by atomic mass is 19.4. The molecule has 0 spiro atoms. The molecular formula is C10H14F3N3O2. The van der Waals surface area contributed by atoms with Crippen molar-refractivity contribution in [2.24, 2.45) is 7.05 Å². The van der Waals surface area contributed by atoms with Crippen LogP contribution in [0, 0.1) is 0 Å². The Hall–Kier alpha value is -1.57. The number of carboxylic acids is 1. The number of hydrogen-bond acceptors (Lipinski definition) is 3. The van der Waals surface area contributed by atoms with Crippen molar-refractivity contribution in [1.29, 1.82) is 0 Å². The van der Waals surface area contributed by atoms with E-state index in [9.17, 15) is 18.0 Å². The molecule has 0 aliphatic heterocycles. The molecule has 5 nitrogen and oxygen atoms in total. The van der Waals surface area contributed by atoms with Crippen LogP contribution >= 0.6 is 0 Å². The number of aryl methyl sites for hydroxylation is 1. The van der Waals surface area contributed by atoms with E-state index in [1.165, 1.54) is 0 Å². The van der Waals surface area contributed by atoms with Crippen molar-refractivity contribution in [3.63, 3.8) is 0 Å². The average molecular weight is 265 g/mol. The number of rotatable bonds is 6. The van der Waals surface area contributed by atoms with Gasteiger partial charge in [0.1, 0.15) is 0 Å². The SMILES string of the molecule is Cn1nccc1CCN(CC(=O)O)CC(F)(F)F. The molecule has 1 aromatic rings. The normalized spacial score (nSPS) is 12.1. The van der Waals surface area contributed by atoms with Gasteiger partial charge in [-0.3, -0.25) is 14.4 Å². The summed E-state index contributed by atoms with van der Waals surface area (Å²) >= 11 is 0. The second kappa shape index (κ2) is 5.85. The summed E-state index contributed by atoms with van der Waals surface area (Å²) in [5.74, 6) is -1.27. The minimum absolute atomic E-state index is 0.0192. The van der Waals surface area contributed by atoms with Gasteiger partial charge in [0.05, 0.1) is 13.1 Å². The Bertz CT molecular complexity index is 403. The summed E-state index contributed by atoms with van der Waals surface area (Å²) in [4.78, 5) is 11.4.